The van der Waals surface area contributed by atoms with Crippen LogP contribution in [0, 0.1) is 12.7 Å². The first-order valence-electron chi connectivity index (χ1n) is 5.99. The van der Waals surface area contributed by atoms with Crippen molar-refractivity contribution in [3.8, 4) is 0 Å². The molecule has 104 valence electrons. The molecule has 0 aliphatic heterocycles. The third-order valence-corrected chi connectivity index (χ3v) is 2.86. The quantitative estimate of drug-likeness (QED) is 0.897. The van der Waals surface area contributed by atoms with E-state index < -0.39 is 23.7 Å². The highest BCUT2D eigenvalue weighted by molar-refractivity contribution is 6.07. The van der Waals surface area contributed by atoms with Crippen LogP contribution in [0.1, 0.15) is 23.0 Å². The number of nitrogens with zero attached hydrogens (tertiary/aromatic N) is 1. The van der Waals surface area contributed by atoms with Gasteiger partial charge in [-0.25, -0.2) is 4.39 Å². The van der Waals surface area contributed by atoms with Crippen molar-refractivity contribution in [1.82, 2.24) is 10.3 Å². The summed E-state index contributed by atoms with van der Waals surface area (Å²) in [6, 6.07) is 4.46. The SMILES string of the molecule is Cc1cc(C(=O)NC(C)C(=O)O)c2ccc(F)cc2n1. The monoisotopic (exact) mass is 276 g/mol. The van der Waals surface area contributed by atoms with Crippen molar-refractivity contribution in [1.29, 1.82) is 0 Å². The fraction of sp³-hybridized carbons (Fsp3) is 0.214. The lowest BCUT2D eigenvalue weighted by Crippen LogP contribution is -2.38. The van der Waals surface area contributed by atoms with E-state index in [1.165, 1.54) is 25.1 Å². The van der Waals surface area contributed by atoms with E-state index in [2.05, 4.69) is 10.3 Å². The molecule has 2 aromatic rings. The van der Waals surface area contributed by atoms with Gasteiger partial charge in [0.2, 0.25) is 0 Å². The summed E-state index contributed by atoms with van der Waals surface area (Å²) in [5, 5.41) is 11.7. The number of benzene rings is 1. The predicted molar refractivity (Wildman–Crippen MR) is 71.0 cm³/mol. The minimum Gasteiger partial charge on any atom is -0.480 e. The molecule has 1 atom stereocenters. The summed E-state index contributed by atoms with van der Waals surface area (Å²) in [7, 11) is 0. The molecule has 0 bridgehead atoms. The molecule has 2 N–H and O–H groups in total. The molecule has 20 heavy (non-hydrogen) atoms. The maximum absolute atomic E-state index is 13.2. The fourth-order valence-corrected chi connectivity index (χ4v) is 1.86. The molecule has 0 fully saturated rings. The second kappa shape index (κ2) is 5.24. The van der Waals surface area contributed by atoms with Gasteiger partial charge in [0.05, 0.1) is 11.1 Å². The Balaban J connectivity index is 2.48. The van der Waals surface area contributed by atoms with Gasteiger partial charge in [-0.05, 0) is 32.0 Å². The van der Waals surface area contributed by atoms with E-state index >= 15 is 0 Å². The Morgan fingerprint density at radius 3 is 2.70 bits per heavy atom. The van der Waals surface area contributed by atoms with Crippen molar-refractivity contribution < 1.29 is 19.1 Å². The molecule has 0 radical (unpaired) electrons. The molecule has 1 heterocycles. The van der Waals surface area contributed by atoms with Crippen molar-refractivity contribution >= 4 is 22.8 Å². The van der Waals surface area contributed by atoms with Crippen LogP contribution in [0.3, 0.4) is 0 Å². The Morgan fingerprint density at radius 2 is 2.05 bits per heavy atom. The highest BCUT2D eigenvalue weighted by Crippen LogP contribution is 2.19. The Labute approximate surface area is 114 Å². The number of nitrogens with one attached hydrogen (secondary N) is 1. The van der Waals surface area contributed by atoms with Crippen molar-refractivity contribution in [2.75, 3.05) is 0 Å². The summed E-state index contributed by atoms with van der Waals surface area (Å²) in [5.41, 5.74) is 1.19. The van der Waals surface area contributed by atoms with Gasteiger partial charge in [0.1, 0.15) is 11.9 Å². The molecule has 0 aliphatic carbocycles. The largest absolute Gasteiger partial charge is 0.480 e. The molecule has 1 amide bonds. The van der Waals surface area contributed by atoms with Crippen LogP contribution in [0.15, 0.2) is 24.3 Å². The van der Waals surface area contributed by atoms with Crippen LogP contribution in [0.5, 0.6) is 0 Å². The lowest BCUT2D eigenvalue weighted by molar-refractivity contribution is -0.138. The molecule has 2 rings (SSSR count). The van der Waals surface area contributed by atoms with Gasteiger partial charge >= 0.3 is 5.97 Å². The summed E-state index contributed by atoms with van der Waals surface area (Å²) in [6.07, 6.45) is 0. The molecular weight excluding hydrogens is 263 g/mol. The maximum Gasteiger partial charge on any atom is 0.325 e. The second-order valence-corrected chi connectivity index (χ2v) is 4.51. The second-order valence-electron chi connectivity index (χ2n) is 4.51. The smallest absolute Gasteiger partial charge is 0.325 e. The molecule has 0 aliphatic rings. The summed E-state index contributed by atoms with van der Waals surface area (Å²) in [5.74, 6) is -2.10. The summed E-state index contributed by atoms with van der Waals surface area (Å²) in [6.45, 7) is 3.05. The zero-order valence-electron chi connectivity index (χ0n) is 11.0. The Bertz CT molecular complexity index is 695. The van der Waals surface area contributed by atoms with Crippen LogP contribution < -0.4 is 5.32 Å². The third-order valence-electron chi connectivity index (χ3n) is 2.86. The molecular formula is C14H13FN2O3. The van der Waals surface area contributed by atoms with Crippen LogP contribution in [0.25, 0.3) is 10.9 Å². The first kappa shape index (κ1) is 13.9. The number of aromatic nitrogens is 1. The van der Waals surface area contributed by atoms with E-state index in [4.69, 9.17) is 5.11 Å². The normalized spacial score (nSPS) is 12.2. The highest BCUT2D eigenvalue weighted by atomic mass is 19.1. The fourth-order valence-electron chi connectivity index (χ4n) is 1.86. The first-order chi connectivity index (χ1) is 9.38. The lowest BCUT2D eigenvalue weighted by Gasteiger charge is -2.11. The van der Waals surface area contributed by atoms with Gasteiger partial charge in [0, 0.05) is 17.1 Å². The molecule has 0 saturated heterocycles. The van der Waals surface area contributed by atoms with E-state index in [1.54, 1.807) is 13.0 Å². The number of carboxylic acid groups (broad SMARTS) is 1. The summed E-state index contributed by atoms with van der Waals surface area (Å²) in [4.78, 5) is 27.0. The van der Waals surface area contributed by atoms with Crippen LogP contribution >= 0.6 is 0 Å². The number of hydrogen-bond donors (Lipinski definition) is 2. The van der Waals surface area contributed by atoms with E-state index in [1.807, 2.05) is 0 Å². The first-order valence-corrected chi connectivity index (χ1v) is 5.99. The van der Waals surface area contributed by atoms with Crippen molar-refractivity contribution in [3.05, 3.63) is 41.3 Å². The zero-order valence-corrected chi connectivity index (χ0v) is 11.0. The van der Waals surface area contributed by atoms with Crippen LogP contribution in [0.4, 0.5) is 4.39 Å². The van der Waals surface area contributed by atoms with Gasteiger partial charge in [-0.3, -0.25) is 14.6 Å². The Hall–Kier alpha value is -2.50. The highest BCUT2D eigenvalue weighted by Gasteiger charge is 2.18. The number of pyridine rings is 1. The molecule has 0 spiro atoms. The number of aryl methyl sites for hydroxylation is 1. The maximum atomic E-state index is 13.2. The van der Waals surface area contributed by atoms with Crippen molar-refractivity contribution in [2.24, 2.45) is 0 Å². The Morgan fingerprint density at radius 1 is 1.35 bits per heavy atom. The molecule has 1 aromatic carbocycles. The van der Waals surface area contributed by atoms with Crippen molar-refractivity contribution in [3.63, 3.8) is 0 Å². The van der Waals surface area contributed by atoms with E-state index in [-0.39, 0.29) is 5.56 Å². The van der Waals surface area contributed by atoms with Gasteiger partial charge in [0.25, 0.3) is 5.91 Å². The number of amides is 1. The minimum atomic E-state index is -1.13. The Kier molecular flexibility index (Phi) is 3.65. The van der Waals surface area contributed by atoms with Gasteiger partial charge in [0.15, 0.2) is 0 Å². The van der Waals surface area contributed by atoms with Crippen molar-refractivity contribution in [2.45, 2.75) is 19.9 Å². The number of aliphatic carboxylic acids is 1. The molecule has 1 unspecified atom stereocenters. The van der Waals surface area contributed by atoms with Crippen LogP contribution in [0.2, 0.25) is 0 Å². The lowest BCUT2D eigenvalue weighted by atomic mass is 10.1. The predicted octanol–water partition coefficient (Wildman–Crippen LogP) is 1.89. The number of rotatable bonds is 3. The van der Waals surface area contributed by atoms with Gasteiger partial charge in [-0.1, -0.05) is 0 Å². The van der Waals surface area contributed by atoms with Crippen LogP contribution in [-0.4, -0.2) is 28.0 Å². The minimum absolute atomic E-state index is 0.278. The van der Waals surface area contributed by atoms with Gasteiger partial charge < -0.3 is 10.4 Å². The summed E-state index contributed by atoms with van der Waals surface area (Å²) >= 11 is 0. The number of fused-ring (bicyclic) bond motifs is 1. The average Bonchev–Trinajstić information content (AvgIpc) is 2.36. The number of carbonyl (C=O) groups is 2. The summed E-state index contributed by atoms with van der Waals surface area (Å²) < 4.78 is 13.2. The standard InChI is InChI=1S/C14H13FN2O3/c1-7-5-11(13(18)17-8(2)14(19)20)10-4-3-9(15)6-12(10)16-7/h3-6,8H,1-2H3,(H,17,18)(H,19,20). The number of carboxylic acids is 1. The van der Waals surface area contributed by atoms with Gasteiger partial charge in [-0.15, -0.1) is 0 Å². The number of hydrogen-bond acceptors (Lipinski definition) is 3. The molecule has 5 nitrogen and oxygen atoms in total. The number of carbonyl (C=O) groups excluding carboxylic acids is 1. The average molecular weight is 276 g/mol. The number of halogens is 1. The van der Waals surface area contributed by atoms with Crippen LogP contribution in [-0.2, 0) is 4.79 Å². The molecule has 0 saturated carbocycles. The van der Waals surface area contributed by atoms with E-state index in [0.29, 0.717) is 16.6 Å². The van der Waals surface area contributed by atoms with E-state index in [0.717, 1.165) is 0 Å². The zero-order chi connectivity index (χ0) is 14.9. The topological polar surface area (TPSA) is 79.3 Å². The third kappa shape index (κ3) is 2.74. The molecule has 6 heteroatoms. The van der Waals surface area contributed by atoms with E-state index in [9.17, 15) is 14.0 Å². The van der Waals surface area contributed by atoms with Gasteiger partial charge in [-0.2, -0.15) is 0 Å². The molecule has 1 aromatic heterocycles.